The molecule has 9 nitrogen and oxygen atoms in total. The van der Waals surface area contributed by atoms with Crippen LogP contribution in [0.15, 0.2) is 36.7 Å². The van der Waals surface area contributed by atoms with Gasteiger partial charge in [-0.25, -0.2) is 4.98 Å². The minimum atomic E-state index is -4.84. The Morgan fingerprint density at radius 2 is 1.79 bits per heavy atom. The van der Waals surface area contributed by atoms with E-state index in [0.717, 1.165) is 17.0 Å². The first-order valence-corrected chi connectivity index (χ1v) is 11.7. The first kappa shape index (κ1) is 26.4. The Labute approximate surface area is 216 Å². The molecule has 1 fully saturated rings. The van der Waals surface area contributed by atoms with Gasteiger partial charge in [0, 0.05) is 35.9 Å². The lowest BCUT2D eigenvalue weighted by molar-refractivity contribution is -0.139. The maximum Gasteiger partial charge on any atom is 0.416 e. The number of hydrogen-bond acceptors (Lipinski definition) is 5. The number of benzene rings is 1. The molecule has 0 atom stereocenters. The van der Waals surface area contributed by atoms with Crippen molar-refractivity contribution in [3.63, 3.8) is 0 Å². The topological polar surface area (TPSA) is 111 Å². The number of nitrogens with one attached hydrogen (secondary N) is 2. The van der Waals surface area contributed by atoms with Gasteiger partial charge in [-0.3, -0.25) is 19.5 Å². The minimum absolute atomic E-state index is 0.0757. The molecule has 1 aromatic carbocycles. The van der Waals surface area contributed by atoms with E-state index in [4.69, 9.17) is 0 Å². The van der Waals surface area contributed by atoms with Gasteiger partial charge in [-0.2, -0.15) is 31.4 Å². The van der Waals surface area contributed by atoms with Gasteiger partial charge in [0.25, 0.3) is 5.91 Å². The molecular formula is C24H20F6N6O3. The van der Waals surface area contributed by atoms with Crippen molar-refractivity contribution in [2.75, 3.05) is 31.1 Å². The first-order chi connectivity index (χ1) is 18.3. The number of carbonyl (C=O) groups excluding carboxylic acids is 3. The molecule has 3 aromatic rings. The second kappa shape index (κ2) is 9.24. The highest BCUT2D eigenvalue weighted by Gasteiger charge is 2.56. The fourth-order valence-electron chi connectivity index (χ4n) is 5.23. The number of H-pyrrole nitrogens is 1. The Morgan fingerprint density at radius 3 is 2.46 bits per heavy atom. The van der Waals surface area contributed by atoms with E-state index in [1.54, 1.807) is 11.4 Å². The van der Waals surface area contributed by atoms with E-state index in [0.29, 0.717) is 11.0 Å². The largest absolute Gasteiger partial charge is 0.416 e. The molecule has 3 amide bonds. The van der Waals surface area contributed by atoms with E-state index in [1.807, 2.05) is 0 Å². The number of hydrogen-bond donors (Lipinski definition) is 2. The van der Waals surface area contributed by atoms with E-state index < -0.39 is 54.1 Å². The molecule has 0 radical (unpaired) electrons. The van der Waals surface area contributed by atoms with Crippen LogP contribution in [0, 0.1) is 0 Å². The number of fused-ring (bicyclic) bond motifs is 3. The maximum absolute atomic E-state index is 14.1. The van der Waals surface area contributed by atoms with Crippen LogP contribution in [0.4, 0.5) is 32.0 Å². The van der Waals surface area contributed by atoms with Crippen molar-refractivity contribution in [2.24, 2.45) is 0 Å². The van der Waals surface area contributed by atoms with Gasteiger partial charge in [0.05, 0.1) is 22.7 Å². The summed E-state index contributed by atoms with van der Waals surface area (Å²) in [4.78, 5) is 45.3. The van der Waals surface area contributed by atoms with Gasteiger partial charge in [-0.05, 0) is 31.0 Å². The van der Waals surface area contributed by atoms with E-state index in [2.05, 4.69) is 15.2 Å². The zero-order chi connectivity index (χ0) is 28.2. The van der Waals surface area contributed by atoms with Crippen LogP contribution < -0.4 is 10.2 Å². The second-order valence-corrected chi connectivity index (χ2v) is 9.39. The summed E-state index contributed by atoms with van der Waals surface area (Å²) in [5.74, 6) is -2.43. The number of aromatic nitrogens is 3. The summed E-state index contributed by atoms with van der Waals surface area (Å²) < 4.78 is 79.8. The minimum Gasteiger partial charge on any atom is -0.345 e. The van der Waals surface area contributed by atoms with E-state index in [1.165, 1.54) is 23.4 Å². The molecule has 39 heavy (non-hydrogen) atoms. The second-order valence-electron chi connectivity index (χ2n) is 9.39. The third-order valence-corrected chi connectivity index (χ3v) is 7.00. The predicted octanol–water partition coefficient (Wildman–Crippen LogP) is 3.18. The fourth-order valence-corrected chi connectivity index (χ4v) is 5.23. The zero-order valence-electron chi connectivity index (χ0n) is 20.0. The van der Waals surface area contributed by atoms with Crippen LogP contribution in [0.3, 0.4) is 0 Å². The molecular weight excluding hydrogens is 534 g/mol. The summed E-state index contributed by atoms with van der Waals surface area (Å²) >= 11 is 0. The number of alkyl halides is 6. The van der Waals surface area contributed by atoms with Gasteiger partial charge < -0.3 is 15.1 Å². The van der Waals surface area contributed by atoms with Crippen molar-refractivity contribution in [3.05, 3.63) is 53.3 Å². The normalized spacial score (nSPS) is 17.1. The van der Waals surface area contributed by atoms with E-state index >= 15 is 0 Å². The highest BCUT2D eigenvalue weighted by atomic mass is 19.4. The molecule has 1 saturated heterocycles. The van der Waals surface area contributed by atoms with Crippen LogP contribution in [0.25, 0.3) is 11.0 Å². The Balaban J connectivity index is 1.43. The number of anilines is 1. The third-order valence-electron chi connectivity index (χ3n) is 7.00. The number of rotatable bonds is 4. The van der Waals surface area contributed by atoms with Gasteiger partial charge in [0.2, 0.25) is 11.8 Å². The van der Waals surface area contributed by atoms with Crippen LogP contribution >= 0.6 is 0 Å². The fraction of sp³-hybridized carbons (Fsp3) is 0.375. The highest BCUT2D eigenvalue weighted by Crippen LogP contribution is 2.52. The number of likely N-dealkylation sites (tertiary alicyclic amines) is 1. The third kappa shape index (κ3) is 4.76. The lowest BCUT2D eigenvalue weighted by atomic mass is 9.72. The van der Waals surface area contributed by atoms with Crippen LogP contribution in [0.2, 0.25) is 0 Å². The van der Waals surface area contributed by atoms with Crippen molar-refractivity contribution < 1.29 is 40.7 Å². The molecule has 2 aromatic heterocycles. The van der Waals surface area contributed by atoms with Gasteiger partial charge in [-0.1, -0.05) is 6.07 Å². The van der Waals surface area contributed by atoms with Crippen LogP contribution in [0.1, 0.15) is 34.3 Å². The molecule has 206 valence electrons. The van der Waals surface area contributed by atoms with Crippen molar-refractivity contribution in [1.82, 2.24) is 25.4 Å². The summed E-state index contributed by atoms with van der Waals surface area (Å²) in [5.41, 5.74) is -2.60. The number of piperidine rings is 1. The average molecular weight is 554 g/mol. The Hall–Kier alpha value is -4.17. The van der Waals surface area contributed by atoms with Crippen molar-refractivity contribution in [2.45, 2.75) is 30.6 Å². The molecule has 0 aliphatic carbocycles. The quantitative estimate of drug-likeness (QED) is 0.482. The average Bonchev–Trinajstić information content (AvgIpc) is 3.44. The molecule has 2 N–H and O–H groups in total. The van der Waals surface area contributed by atoms with Gasteiger partial charge in [0.15, 0.2) is 5.65 Å². The Kier molecular flexibility index (Phi) is 6.26. The van der Waals surface area contributed by atoms with Gasteiger partial charge in [0.1, 0.15) is 13.1 Å². The van der Waals surface area contributed by atoms with Crippen molar-refractivity contribution >= 4 is 34.4 Å². The summed E-state index contributed by atoms with van der Waals surface area (Å²) in [6, 6.07) is 4.70. The van der Waals surface area contributed by atoms with Crippen LogP contribution in [0.5, 0.6) is 0 Å². The maximum atomic E-state index is 14.1. The molecule has 5 rings (SSSR count). The zero-order valence-corrected chi connectivity index (χ0v) is 20.0. The lowest BCUT2D eigenvalue weighted by Gasteiger charge is -2.39. The lowest BCUT2D eigenvalue weighted by Crippen LogP contribution is -2.52. The number of pyridine rings is 1. The van der Waals surface area contributed by atoms with E-state index in [9.17, 15) is 40.7 Å². The Morgan fingerprint density at radius 1 is 1.08 bits per heavy atom. The number of carbonyl (C=O) groups is 3. The molecule has 1 spiro atoms. The molecule has 0 saturated carbocycles. The SMILES string of the molecule is O=C(CN1C(=O)C2(CCN(C(=O)c3cnc4[nH]ncc4c3)CC2)c2c1cccc2C(F)(F)F)NCC(F)(F)F. The predicted molar refractivity (Wildman–Crippen MR) is 124 cm³/mol. The standard InChI is InChI=1S/C24H20F6N6O3/c25-23(26,27)12-32-17(37)11-36-16-3-1-2-15(24(28,29)30)18(16)22(21(36)39)4-6-35(7-5-22)20(38)14-8-13-10-33-34-19(13)31-9-14/h1-3,8-10H,4-7,11-12H2,(H,32,37)(H,31,33,34). The first-order valence-electron chi connectivity index (χ1n) is 11.7. The molecule has 2 aliphatic heterocycles. The monoisotopic (exact) mass is 554 g/mol. The summed E-state index contributed by atoms with van der Waals surface area (Å²) in [5, 5.41) is 8.73. The molecule has 2 aliphatic rings. The van der Waals surface area contributed by atoms with Gasteiger partial charge >= 0.3 is 12.4 Å². The highest BCUT2D eigenvalue weighted by molar-refractivity contribution is 6.11. The van der Waals surface area contributed by atoms with E-state index in [-0.39, 0.29) is 42.7 Å². The van der Waals surface area contributed by atoms with Crippen molar-refractivity contribution in [3.8, 4) is 0 Å². The van der Waals surface area contributed by atoms with Crippen molar-refractivity contribution in [1.29, 1.82) is 0 Å². The smallest absolute Gasteiger partial charge is 0.345 e. The van der Waals surface area contributed by atoms with Gasteiger partial charge in [-0.15, -0.1) is 0 Å². The molecule has 0 bridgehead atoms. The van der Waals surface area contributed by atoms with Crippen LogP contribution in [-0.2, 0) is 21.2 Å². The number of nitrogens with zero attached hydrogens (tertiary/aromatic N) is 4. The summed E-state index contributed by atoms with van der Waals surface area (Å²) in [6.07, 6.45) is -7.08. The number of aromatic amines is 1. The summed E-state index contributed by atoms with van der Waals surface area (Å²) in [6.45, 7) is -2.68. The Bertz CT molecular complexity index is 1460. The van der Waals surface area contributed by atoms with Crippen LogP contribution in [-0.4, -0.2) is 70.2 Å². The number of amides is 3. The molecule has 4 heterocycles. The summed E-state index contributed by atoms with van der Waals surface area (Å²) in [7, 11) is 0. The number of halogens is 6. The molecule has 15 heteroatoms. The molecule has 0 unspecified atom stereocenters.